The molecule has 4 nitrogen and oxygen atoms in total. The van der Waals surface area contributed by atoms with E-state index in [4.69, 9.17) is 9.84 Å². The van der Waals surface area contributed by atoms with Gasteiger partial charge in [0, 0.05) is 12.7 Å². The number of benzene rings is 2. The molecule has 2 N–H and O–H groups in total. The van der Waals surface area contributed by atoms with E-state index in [1.165, 1.54) is 25.3 Å². The first-order valence-electron chi connectivity index (χ1n) is 6.82. The minimum atomic E-state index is -2.97. The maximum absolute atomic E-state index is 13.9. The molecule has 0 aliphatic heterocycles. The van der Waals surface area contributed by atoms with Gasteiger partial charge in [-0.1, -0.05) is 12.1 Å². The molecule has 2 aromatic rings. The smallest absolute Gasteiger partial charge is 0.268 e. The molecule has 0 radical (unpaired) electrons. The fourth-order valence-corrected chi connectivity index (χ4v) is 2.09. The van der Waals surface area contributed by atoms with Gasteiger partial charge in [0.25, 0.3) is 6.43 Å². The van der Waals surface area contributed by atoms with Crippen LogP contribution < -0.4 is 4.74 Å². The summed E-state index contributed by atoms with van der Waals surface area (Å²) in [5.74, 6) is -0.324. The Bertz CT molecular complexity index is 690. The summed E-state index contributed by atoms with van der Waals surface area (Å²) < 4.78 is 44.1. The van der Waals surface area contributed by atoms with Gasteiger partial charge in [-0.05, 0) is 35.4 Å². The van der Waals surface area contributed by atoms with Crippen molar-refractivity contribution in [2.75, 3.05) is 14.2 Å². The van der Waals surface area contributed by atoms with E-state index in [9.17, 15) is 23.1 Å². The number of carbonyl (C=O) groups is 1. The maximum atomic E-state index is 13.9. The van der Waals surface area contributed by atoms with Crippen LogP contribution in [0.5, 0.6) is 5.75 Å². The number of aliphatic hydroxyl groups excluding tert-OH is 2. The summed E-state index contributed by atoms with van der Waals surface area (Å²) in [6.45, 7) is 0. The van der Waals surface area contributed by atoms with Crippen molar-refractivity contribution in [3.63, 3.8) is 0 Å². The molecular formula is C17H17F3O4. The quantitative estimate of drug-likeness (QED) is 0.819. The van der Waals surface area contributed by atoms with E-state index in [0.717, 1.165) is 25.3 Å². The highest BCUT2D eigenvalue weighted by Gasteiger charge is 2.20. The molecule has 0 amide bonds. The van der Waals surface area contributed by atoms with E-state index in [2.05, 4.69) is 0 Å². The largest absolute Gasteiger partial charge is 0.496 e. The molecule has 0 fully saturated rings. The fraction of sp³-hybridized carbons (Fsp3) is 0.235. The van der Waals surface area contributed by atoms with Crippen LogP contribution in [0, 0.1) is 5.82 Å². The van der Waals surface area contributed by atoms with Gasteiger partial charge in [0.1, 0.15) is 17.7 Å². The van der Waals surface area contributed by atoms with Crippen LogP contribution in [-0.2, 0) is 0 Å². The molecule has 0 saturated carbocycles. The number of ether oxygens (including phenoxy) is 1. The van der Waals surface area contributed by atoms with E-state index < -0.39 is 18.3 Å². The number of halogens is 3. The van der Waals surface area contributed by atoms with Gasteiger partial charge in [0.05, 0.1) is 12.7 Å². The lowest BCUT2D eigenvalue weighted by Crippen LogP contribution is -2.08. The Balaban J connectivity index is 0.00000139. The standard InChI is InChI=1S/C16H13F3O3.CH4O/c1-22-14-5-3-9(6-11(14)8-20)12-7-10(2-4-13(12)17)15(21)16(18)19;1-2/h2-8,15-16,21H,1H3;2H,1H3. The number of rotatable bonds is 5. The molecule has 0 aliphatic carbocycles. The second-order valence-electron chi connectivity index (χ2n) is 4.59. The highest BCUT2D eigenvalue weighted by Crippen LogP contribution is 2.31. The van der Waals surface area contributed by atoms with Gasteiger partial charge in [-0.25, -0.2) is 13.2 Å². The zero-order valence-electron chi connectivity index (χ0n) is 13.0. The Kier molecular flexibility index (Phi) is 7.41. The molecule has 0 aromatic heterocycles. The van der Waals surface area contributed by atoms with Gasteiger partial charge in [-0.2, -0.15) is 0 Å². The zero-order chi connectivity index (χ0) is 18.3. The van der Waals surface area contributed by atoms with E-state index in [-0.39, 0.29) is 16.7 Å². The van der Waals surface area contributed by atoms with Crippen molar-refractivity contribution in [3.05, 3.63) is 53.3 Å². The lowest BCUT2D eigenvalue weighted by molar-refractivity contribution is -0.00578. The first kappa shape index (κ1) is 19.7. The predicted molar refractivity (Wildman–Crippen MR) is 82.9 cm³/mol. The van der Waals surface area contributed by atoms with Crippen molar-refractivity contribution in [1.82, 2.24) is 0 Å². The fourth-order valence-electron chi connectivity index (χ4n) is 2.09. The second-order valence-corrected chi connectivity index (χ2v) is 4.59. The average molecular weight is 342 g/mol. The minimum absolute atomic E-state index is 0.0166. The van der Waals surface area contributed by atoms with Gasteiger partial charge in [-0.15, -0.1) is 0 Å². The van der Waals surface area contributed by atoms with E-state index in [0.29, 0.717) is 17.6 Å². The zero-order valence-corrected chi connectivity index (χ0v) is 13.0. The number of hydrogen-bond donors (Lipinski definition) is 2. The van der Waals surface area contributed by atoms with Crippen molar-refractivity contribution in [1.29, 1.82) is 0 Å². The lowest BCUT2D eigenvalue weighted by Gasteiger charge is -2.13. The molecular weight excluding hydrogens is 325 g/mol. The first-order chi connectivity index (χ1) is 11.5. The number of methoxy groups -OCH3 is 1. The van der Waals surface area contributed by atoms with Crippen LogP contribution in [0.3, 0.4) is 0 Å². The van der Waals surface area contributed by atoms with Crippen molar-refractivity contribution in [2.45, 2.75) is 12.5 Å². The lowest BCUT2D eigenvalue weighted by atomic mass is 9.98. The average Bonchev–Trinajstić information content (AvgIpc) is 2.62. The number of alkyl halides is 2. The number of aliphatic hydroxyl groups is 2. The van der Waals surface area contributed by atoms with Gasteiger partial charge in [0.2, 0.25) is 0 Å². The molecule has 7 heteroatoms. The summed E-state index contributed by atoms with van der Waals surface area (Å²) in [5, 5.41) is 16.4. The van der Waals surface area contributed by atoms with Gasteiger partial charge >= 0.3 is 0 Å². The van der Waals surface area contributed by atoms with Gasteiger partial charge in [-0.3, -0.25) is 4.79 Å². The molecule has 1 unspecified atom stereocenters. The van der Waals surface area contributed by atoms with E-state index >= 15 is 0 Å². The van der Waals surface area contributed by atoms with Crippen LogP contribution in [0.15, 0.2) is 36.4 Å². The van der Waals surface area contributed by atoms with Crippen LogP contribution >= 0.6 is 0 Å². The Morgan fingerprint density at radius 1 is 1.12 bits per heavy atom. The molecule has 0 spiro atoms. The van der Waals surface area contributed by atoms with Crippen LogP contribution in [0.4, 0.5) is 13.2 Å². The van der Waals surface area contributed by atoms with Crippen LogP contribution in [-0.4, -0.2) is 37.1 Å². The predicted octanol–water partition coefficient (Wildman–Crippen LogP) is 3.22. The number of carbonyl (C=O) groups excluding carboxylic acids is 1. The van der Waals surface area contributed by atoms with Crippen LogP contribution in [0.2, 0.25) is 0 Å². The third-order valence-corrected chi connectivity index (χ3v) is 3.24. The Morgan fingerprint density at radius 3 is 2.33 bits per heavy atom. The Hall–Kier alpha value is -2.38. The minimum Gasteiger partial charge on any atom is -0.496 e. The van der Waals surface area contributed by atoms with Crippen molar-refractivity contribution in [3.8, 4) is 16.9 Å². The van der Waals surface area contributed by atoms with Gasteiger partial charge in [0.15, 0.2) is 6.29 Å². The molecule has 0 bridgehead atoms. The monoisotopic (exact) mass is 342 g/mol. The van der Waals surface area contributed by atoms with Gasteiger partial charge < -0.3 is 14.9 Å². The normalized spacial score (nSPS) is 11.5. The molecule has 0 saturated heterocycles. The summed E-state index contributed by atoms with van der Waals surface area (Å²) in [6, 6.07) is 7.61. The summed E-state index contributed by atoms with van der Waals surface area (Å²) in [6.07, 6.45) is -4.42. The topological polar surface area (TPSA) is 66.8 Å². The highest BCUT2D eigenvalue weighted by molar-refractivity contribution is 5.83. The number of aldehydes is 1. The first-order valence-corrected chi connectivity index (χ1v) is 6.82. The van der Waals surface area contributed by atoms with Crippen molar-refractivity contribution in [2.24, 2.45) is 0 Å². The van der Waals surface area contributed by atoms with Crippen molar-refractivity contribution < 1.29 is 32.9 Å². The van der Waals surface area contributed by atoms with Crippen molar-refractivity contribution >= 4 is 6.29 Å². The van der Waals surface area contributed by atoms with Crippen LogP contribution in [0.25, 0.3) is 11.1 Å². The summed E-state index contributed by atoms with van der Waals surface area (Å²) in [7, 11) is 2.39. The molecule has 0 heterocycles. The summed E-state index contributed by atoms with van der Waals surface area (Å²) >= 11 is 0. The highest BCUT2D eigenvalue weighted by atomic mass is 19.3. The molecule has 0 aliphatic rings. The number of hydrogen-bond acceptors (Lipinski definition) is 4. The maximum Gasteiger partial charge on any atom is 0.268 e. The SMILES string of the molecule is CO.COc1ccc(-c2cc(C(O)C(F)F)ccc2F)cc1C=O. The molecule has 130 valence electrons. The van der Waals surface area contributed by atoms with E-state index in [1.54, 1.807) is 0 Å². The third-order valence-electron chi connectivity index (χ3n) is 3.24. The molecule has 24 heavy (non-hydrogen) atoms. The summed E-state index contributed by atoms with van der Waals surface area (Å²) in [5.41, 5.74) is 0.445. The molecule has 1 atom stereocenters. The molecule has 2 aromatic carbocycles. The van der Waals surface area contributed by atoms with Crippen LogP contribution in [0.1, 0.15) is 22.0 Å². The third kappa shape index (κ3) is 4.33. The Labute approximate surface area is 137 Å². The van der Waals surface area contributed by atoms with E-state index in [1.807, 2.05) is 0 Å². The summed E-state index contributed by atoms with van der Waals surface area (Å²) in [4.78, 5) is 11.0. The second kappa shape index (κ2) is 9.05. The molecule has 2 rings (SSSR count). The Morgan fingerprint density at radius 2 is 1.79 bits per heavy atom.